The van der Waals surface area contributed by atoms with Gasteiger partial charge in [-0.1, -0.05) is 121 Å². The zero-order valence-corrected chi connectivity index (χ0v) is 40.2. The molecule has 0 fully saturated rings. The number of para-hydroxylation sites is 2. The number of hydrogen-bond donors (Lipinski definition) is 0. The van der Waals surface area contributed by atoms with Crippen molar-refractivity contribution >= 4 is 66.7 Å². The summed E-state index contributed by atoms with van der Waals surface area (Å²) in [5.41, 5.74) is 12.7. The summed E-state index contributed by atoms with van der Waals surface area (Å²) in [4.78, 5) is 15.6. The van der Waals surface area contributed by atoms with Crippen molar-refractivity contribution < 1.29 is 0 Å². The van der Waals surface area contributed by atoms with E-state index in [1.54, 1.807) is 0 Å². The Labute approximate surface area is 399 Å². The van der Waals surface area contributed by atoms with Crippen LogP contribution in [-0.2, 0) is 0 Å². The van der Waals surface area contributed by atoms with E-state index in [1.807, 2.05) is 0 Å². The van der Waals surface area contributed by atoms with E-state index in [9.17, 15) is 0 Å². The van der Waals surface area contributed by atoms with Crippen molar-refractivity contribution in [1.82, 2.24) is 9.13 Å². The number of aliphatic imine (C=N–C) groups is 2. The van der Waals surface area contributed by atoms with Gasteiger partial charge >= 0.3 is 0 Å². The standard InChI is InChI=1S/C62H56N6/c1-59(2)61(5,6)67(57(63-59)41-21-11-9-12-22-41)47-27-19-25-45(39-47)65-53-31-17-15-29-49(53)51-37-43(33-35-55(51)65)44-34-36-56-52(38-44)50-30-16-18-32-54(50)66(56)46-26-20-28-48(40-46)68-58(42-23-13-10-14-24-42)64-60(3,4)62(68,7)8/h9-40H,1-8H3. The average Bonchev–Trinajstić information content (AvgIpc) is 3.98. The highest BCUT2D eigenvalue weighted by Gasteiger charge is 2.51. The molecular formula is C62H56N6. The Morgan fingerprint density at radius 3 is 1.06 bits per heavy atom. The minimum Gasteiger partial charge on any atom is -0.318 e. The van der Waals surface area contributed by atoms with Gasteiger partial charge in [0.15, 0.2) is 0 Å². The predicted octanol–water partition coefficient (Wildman–Crippen LogP) is 15.2. The zero-order chi connectivity index (χ0) is 46.7. The van der Waals surface area contributed by atoms with Crippen LogP contribution >= 0.6 is 0 Å². The topological polar surface area (TPSA) is 41.1 Å². The largest absolute Gasteiger partial charge is 0.318 e. The third-order valence-electron chi connectivity index (χ3n) is 15.7. The summed E-state index contributed by atoms with van der Waals surface area (Å²) in [5.74, 6) is 2.00. The van der Waals surface area contributed by atoms with Gasteiger partial charge in [-0.15, -0.1) is 0 Å². The highest BCUT2D eigenvalue weighted by molar-refractivity contribution is 6.15. The van der Waals surface area contributed by atoms with Crippen LogP contribution in [0.1, 0.15) is 66.5 Å². The molecule has 0 saturated carbocycles. The molecule has 0 amide bonds. The first kappa shape index (κ1) is 41.7. The van der Waals surface area contributed by atoms with Gasteiger partial charge in [-0.3, -0.25) is 9.98 Å². The Bertz CT molecular complexity index is 3450. The average molecular weight is 885 g/mol. The van der Waals surface area contributed by atoms with Gasteiger partial charge in [-0.05, 0) is 139 Å². The van der Waals surface area contributed by atoms with Crippen LogP contribution in [0.4, 0.5) is 11.4 Å². The minimum atomic E-state index is -0.300. The Hall–Kier alpha value is -7.70. The molecule has 8 aromatic carbocycles. The summed E-state index contributed by atoms with van der Waals surface area (Å²) in [7, 11) is 0. The number of aromatic nitrogens is 2. The summed E-state index contributed by atoms with van der Waals surface area (Å²) in [6.07, 6.45) is 0. The van der Waals surface area contributed by atoms with Crippen molar-refractivity contribution in [2.75, 3.05) is 9.80 Å². The molecule has 334 valence electrons. The fourth-order valence-electron chi connectivity index (χ4n) is 10.8. The molecule has 6 nitrogen and oxygen atoms in total. The van der Waals surface area contributed by atoms with Gasteiger partial charge in [-0.25, -0.2) is 0 Å². The van der Waals surface area contributed by atoms with Crippen molar-refractivity contribution in [3.05, 3.63) is 205 Å². The summed E-state index contributed by atoms with van der Waals surface area (Å²) in [6.45, 7) is 18.2. The minimum absolute atomic E-state index is 0.270. The molecule has 0 atom stereocenters. The van der Waals surface area contributed by atoms with Crippen LogP contribution in [0.5, 0.6) is 0 Å². The SMILES string of the molecule is CC1(C)N=C(c2ccccc2)N(c2cccc(-n3c4ccccc4c4cc(-c5ccc6c(c5)c5ccccc5n6-c5cccc(N6C(c7ccccc7)=NC(C)(C)C6(C)C)c5)ccc43)c2)C1(C)C. The number of nitrogens with zero attached hydrogens (tertiary/aromatic N) is 6. The first-order chi connectivity index (χ1) is 32.7. The van der Waals surface area contributed by atoms with E-state index in [1.165, 1.54) is 54.7 Å². The molecule has 12 rings (SSSR count). The first-order valence-corrected chi connectivity index (χ1v) is 23.9. The molecule has 68 heavy (non-hydrogen) atoms. The van der Waals surface area contributed by atoms with E-state index in [-0.39, 0.29) is 22.2 Å². The Morgan fingerprint density at radius 2 is 0.647 bits per heavy atom. The lowest BCUT2D eigenvalue weighted by Crippen LogP contribution is -2.53. The van der Waals surface area contributed by atoms with Crippen LogP contribution in [0.3, 0.4) is 0 Å². The van der Waals surface area contributed by atoms with E-state index < -0.39 is 0 Å². The molecule has 0 unspecified atom stereocenters. The van der Waals surface area contributed by atoms with E-state index >= 15 is 0 Å². The number of hydrogen-bond acceptors (Lipinski definition) is 4. The monoisotopic (exact) mass is 884 g/mol. The molecule has 0 saturated heterocycles. The highest BCUT2D eigenvalue weighted by Crippen LogP contribution is 2.46. The number of benzene rings is 8. The number of anilines is 2. The van der Waals surface area contributed by atoms with Crippen molar-refractivity contribution in [2.45, 2.75) is 77.5 Å². The van der Waals surface area contributed by atoms with E-state index in [0.717, 1.165) is 45.5 Å². The van der Waals surface area contributed by atoms with Gasteiger partial charge in [0.1, 0.15) is 11.7 Å². The number of amidine groups is 2. The molecule has 0 spiro atoms. The molecule has 0 N–H and O–H groups in total. The van der Waals surface area contributed by atoms with Gasteiger partial charge in [0, 0.05) is 55.4 Å². The Morgan fingerprint density at radius 1 is 0.294 bits per heavy atom. The number of rotatable bonds is 7. The summed E-state index contributed by atoms with van der Waals surface area (Å²) in [5, 5.41) is 4.91. The fraction of sp³-hybridized carbons (Fsp3) is 0.194. The quantitative estimate of drug-likeness (QED) is 0.160. The maximum Gasteiger partial charge on any atom is 0.136 e. The summed E-state index contributed by atoms with van der Waals surface area (Å²) < 4.78 is 4.85. The van der Waals surface area contributed by atoms with Crippen LogP contribution in [0.15, 0.2) is 204 Å². The summed E-state index contributed by atoms with van der Waals surface area (Å²) in [6, 6.07) is 70.8. The molecule has 2 aromatic heterocycles. The maximum atomic E-state index is 5.35. The first-order valence-electron chi connectivity index (χ1n) is 23.9. The molecule has 0 bridgehead atoms. The Kier molecular flexibility index (Phi) is 9.14. The lowest BCUT2D eigenvalue weighted by Gasteiger charge is -2.41. The molecule has 2 aliphatic heterocycles. The van der Waals surface area contributed by atoms with E-state index in [4.69, 9.17) is 9.98 Å². The second kappa shape index (κ2) is 14.9. The highest BCUT2D eigenvalue weighted by atomic mass is 15.3. The van der Waals surface area contributed by atoms with Crippen LogP contribution in [0, 0.1) is 0 Å². The zero-order valence-electron chi connectivity index (χ0n) is 40.2. The Balaban J connectivity index is 0.953. The smallest absolute Gasteiger partial charge is 0.136 e. The van der Waals surface area contributed by atoms with Gasteiger partial charge in [0.05, 0.1) is 44.2 Å². The second-order valence-corrected chi connectivity index (χ2v) is 20.7. The van der Waals surface area contributed by atoms with Gasteiger partial charge in [0.25, 0.3) is 0 Å². The predicted molar refractivity (Wildman–Crippen MR) is 288 cm³/mol. The van der Waals surface area contributed by atoms with E-state index in [2.05, 4.69) is 268 Å². The van der Waals surface area contributed by atoms with Crippen molar-refractivity contribution in [1.29, 1.82) is 0 Å². The fourth-order valence-corrected chi connectivity index (χ4v) is 10.8. The lowest BCUT2D eigenvalue weighted by molar-refractivity contribution is 0.338. The van der Waals surface area contributed by atoms with Gasteiger partial charge in [-0.2, -0.15) is 0 Å². The van der Waals surface area contributed by atoms with Crippen LogP contribution in [0.2, 0.25) is 0 Å². The molecule has 4 heterocycles. The molecule has 2 aliphatic rings. The maximum absolute atomic E-state index is 5.35. The van der Waals surface area contributed by atoms with Crippen molar-refractivity contribution in [3.8, 4) is 22.5 Å². The normalized spacial score (nSPS) is 17.1. The van der Waals surface area contributed by atoms with Crippen molar-refractivity contribution in [3.63, 3.8) is 0 Å². The van der Waals surface area contributed by atoms with Crippen LogP contribution in [-0.4, -0.2) is 43.0 Å². The van der Waals surface area contributed by atoms with Crippen molar-refractivity contribution in [2.24, 2.45) is 9.98 Å². The van der Waals surface area contributed by atoms with E-state index in [0.29, 0.717) is 0 Å². The molecule has 0 radical (unpaired) electrons. The molecular weight excluding hydrogens is 829 g/mol. The van der Waals surface area contributed by atoms with Crippen LogP contribution in [0.25, 0.3) is 66.1 Å². The second-order valence-electron chi connectivity index (χ2n) is 20.7. The lowest BCUT2D eigenvalue weighted by atomic mass is 9.83. The third kappa shape index (κ3) is 6.16. The third-order valence-corrected chi connectivity index (χ3v) is 15.7. The molecule has 6 heteroatoms. The molecule has 10 aromatic rings. The van der Waals surface area contributed by atoms with Gasteiger partial charge < -0.3 is 18.9 Å². The molecule has 0 aliphatic carbocycles. The summed E-state index contributed by atoms with van der Waals surface area (Å²) >= 11 is 0. The number of fused-ring (bicyclic) bond motifs is 6. The van der Waals surface area contributed by atoms with Crippen LogP contribution < -0.4 is 9.80 Å². The van der Waals surface area contributed by atoms with Gasteiger partial charge in [0.2, 0.25) is 0 Å².